The van der Waals surface area contributed by atoms with Gasteiger partial charge in [-0.3, -0.25) is 4.99 Å². The second-order valence-electron chi connectivity index (χ2n) is 6.46. The van der Waals surface area contributed by atoms with Gasteiger partial charge in [0.05, 0.1) is 25.4 Å². The van der Waals surface area contributed by atoms with Crippen molar-refractivity contribution in [2.75, 3.05) is 44.7 Å². The molecule has 1 atom stereocenters. The SMILES string of the molecule is CCOc1ccc(OCC)c(NC(N)=NCCN2CCCC(C)C2)c1. The number of nitrogens with two attached hydrogens (primary N) is 1. The van der Waals surface area contributed by atoms with Crippen molar-refractivity contribution in [1.29, 1.82) is 0 Å². The maximum absolute atomic E-state index is 6.06. The smallest absolute Gasteiger partial charge is 0.193 e. The number of guanidine groups is 1. The van der Waals surface area contributed by atoms with Crippen LogP contribution < -0.4 is 20.5 Å². The fourth-order valence-electron chi connectivity index (χ4n) is 3.12. The molecular formula is C19H32N4O2. The van der Waals surface area contributed by atoms with Gasteiger partial charge in [-0.1, -0.05) is 6.92 Å². The minimum Gasteiger partial charge on any atom is -0.494 e. The third kappa shape index (κ3) is 6.46. The summed E-state index contributed by atoms with van der Waals surface area (Å²) >= 11 is 0. The van der Waals surface area contributed by atoms with Gasteiger partial charge in [-0.2, -0.15) is 0 Å². The number of nitrogens with one attached hydrogen (secondary N) is 1. The van der Waals surface area contributed by atoms with Crippen LogP contribution in [-0.4, -0.2) is 50.3 Å². The van der Waals surface area contributed by atoms with Gasteiger partial charge in [0.15, 0.2) is 5.96 Å². The molecule has 1 aliphatic rings. The first kappa shape index (κ1) is 19.4. The van der Waals surface area contributed by atoms with E-state index >= 15 is 0 Å². The monoisotopic (exact) mass is 348 g/mol. The molecule has 1 fully saturated rings. The third-order valence-electron chi connectivity index (χ3n) is 4.26. The summed E-state index contributed by atoms with van der Waals surface area (Å²) in [6.45, 7) is 11.4. The fraction of sp³-hybridized carbons (Fsp3) is 0.632. The standard InChI is InChI=1S/C19H32N4O2/c1-4-24-16-8-9-18(25-5-2)17(13-16)22-19(20)21-10-12-23-11-6-7-15(3)14-23/h8-9,13,15H,4-7,10-12,14H2,1-3H3,(H3,20,21,22). The van der Waals surface area contributed by atoms with Crippen LogP contribution in [0.3, 0.4) is 0 Å². The molecule has 0 spiro atoms. The molecule has 0 amide bonds. The predicted molar refractivity (Wildman–Crippen MR) is 104 cm³/mol. The number of piperidine rings is 1. The average molecular weight is 348 g/mol. The first-order chi connectivity index (χ1) is 12.1. The Morgan fingerprint density at radius 1 is 1.32 bits per heavy atom. The Kier molecular flexibility index (Phi) is 7.85. The van der Waals surface area contributed by atoms with Crippen LogP contribution in [0.2, 0.25) is 0 Å². The van der Waals surface area contributed by atoms with Crippen molar-refractivity contribution in [1.82, 2.24) is 4.90 Å². The largest absolute Gasteiger partial charge is 0.494 e. The van der Waals surface area contributed by atoms with Crippen molar-refractivity contribution in [2.45, 2.75) is 33.6 Å². The number of nitrogens with zero attached hydrogens (tertiary/aromatic N) is 2. The molecule has 1 unspecified atom stereocenters. The molecule has 0 radical (unpaired) electrons. The number of hydrogen-bond donors (Lipinski definition) is 2. The lowest BCUT2D eigenvalue weighted by molar-refractivity contribution is 0.189. The Balaban J connectivity index is 1.93. The van der Waals surface area contributed by atoms with Gasteiger partial charge in [0, 0.05) is 19.2 Å². The van der Waals surface area contributed by atoms with E-state index in [-0.39, 0.29) is 0 Å². The zero-order valence-electron chi connectivity index (χ0n) is 15.8. The molecule has 0 aromatic heterocycles. The van der Waals surface area contributed by atoms with Crippen molar-refractivity contribution >= 4 is 11.6 Å². The van der Waals surface area contributed by atoms with Gasteiger partial charge in [-0.15, -0.1) is 0 Å². The molecule has 2 rings (SSSR count). The number of benzene rings is 1. The van der Waals surface area contributed by atoms with E-state index in [9.17, 15) is 0 Å². The normalized spacial score (nSPS) is 18.8. The molecule has 6 heteroatoms. The van der Waals surface area contributed by atoms with Crippen LogP contribution in [-0.2, 0) is 0 Å². The van der Waals surface area contributed by atoms with Crippen LogP contribution in [0.25, 0.3) is 0 Å². The first-order valence-corrected chi connectivity index (χ1v) is 9.31. The van der Waals surface area contributed by atoms with Crippen LogP contribution in [0.1, 0.15) is 33.6 Å². The summed E-state index contributed by atoms with van der Waals surface area (Å²) in [7, 11) is 0. The van der Waals surface area contributed by atoms with Gasteiger partial charge in [0.1, 0.15) is 11.5 Å². The quantitative estimate of drug-likeness (QED) is 0.558. The summed E-state index contributed by atoms with van der Waals surface area (Å²) in [4.78, 5) is 6.93. The third-order valence-corrected chi connectivity index (χ3v) is 4.26. The van der Waals surface area contributed by atoms with Crippen molar-refractivity contribution in [3.63, 3.8) is 0 Å². The average Bonchev–Trinajstić information content (AvgIpc) is 2.58. The maximum atomic E-state index is 6.06. The first-order valence-electron chi connectivity index (χ1n) is 9.31. The summed E-state index contributed by atoms with van der Waals surface area (Å²) in [5.74, 6) is 2.71. The number of rotatable bonds is 8. The van der Waals surface area contributed by atoms with Crippen molar-refractivity contribution in [2.24, 2.45) is 16.6 Å². The highest BCUT2D eigenvalue weighted by atomic mass is 16.5. The molecule has 0 saturated carbocycles. The zero-order valence-corrected chi connectivity index (χ0v) is 15.8. The van der Waals surface area contributed by atoms with Gasteiger partial charge in [-0.05, 0) is 51.3 Å². The highest BCUT2D eigenvalue weighted by Crippen LogP contribution is 2.29. The molecule has 1 aromatic rings. The molecule has 140 valence electrons. The second kappa shape index (κ2) is 10.1. The van der Waals surface area contributed by atoms with Gasteiger partial charge in [-0.25, -0.2) is 0 Å². The van der Waals surface area contributed by atoms with Gasteiger partial charge >= 0.3 is 0 Å². The van der Waals surface area contributed by atoms with E-state index in [0.717, 1.165) is 42.7 Å². The van der Waals surface area contributed by atoms with E-state index < -0.39 is 0 Å². The molecule has 1 aliphatic heterocycles. The number of hydrogen-bond acceptors (Lipinski definition) is 4. The lowest BCUT2D eigenvalue weighted by atomic mass is 10.0. The highest BCUT2D eigenvalue weighted by molar-refractivity contribution is 5.94. The minimum atomic E-state index is 0.402. The summed E-state index contributed by atoms with van der Waals surface area (Å²) < 4.78 is 11.2. The van der Waals surface area contributed by atoms with Crippen molar-refractivity contribution < 1.29 is 9.47 Å². The van der Waals surface area contributed by atoms with E-state index in [4.69, 9.17) is 15.2 Å². The van der Waals surface area contributed by atoms with E-state index in [0.29, 0.717) is 25.7 Å². The fourth-order valence-corrected chi connectivity index (χ4v) is 3.12. The predicted octanol–water partition coefficient (Wildman–Crippen LogP) is 2.94. The maximum Gasteiger partial charge on any atom is 0.193 e. The Bertz CT molecular complexity index is 562. The zero-order chi connectivity index (χ0) is 18.1. The van der Waals surface area contributed by atoms with Crippen LogP contribution in [0.4, 0.5) is 5.69 Å². The van der Waals surface area contributed by atoms with E-state index in [1.807, 2.05) is 32.0 Å². The molecule has 0 bridgehead atoms. The van der Waals surface area contributed by atoms with Crippen LogP contribution in [0, 0.1) is 5.92 Å². The summed E-state index contributed by atoms with van der Waals surface area (Å²) in [6, 6.07) is 5.67. The molecule has 1 aromatic carbocycles. The Labute approximate surface area is 151 Å². The van der Waals surface area contributed by atoms with Gasteiger partial charge < -0.3 is 25.4 Å². The second-order valence-corrected chi connectivity index (χ2v) is 6.46. The van der Waals surface area contributed by atoms with Crippen LogP contribution in [0.15, 0.2) is 23.2 Å². The molecule has 1 heterocycles. The topological polar surface area (TPSA) is 72.1 Å². The Morgan fingerprint density at radius 2 is 2.12 bits per heavy atom. The molecule has 25 heavy (non-hydrogen) atoms. The lowest BCUT2D eigenvalue weighted by Gasteiger charge is -2.30. The number of aliphatic imine (C=N–C) groups is 1. The number of ether oxygens (including phenoxy) is 2. The van der Waals surface area contributed by atoms with Crippen LogP contribution >= 0.6 is 0 Å². The van der Waals surface area contributed by atoms with Crippen molar-refractivity contribution in [3.8, 4) is 11.5 Å². The summed E-state index contributed by atoms with van der Waals surface area (Å²) in [6.07, 6.45) is 2.61. The van der Waals surface area contributed by atoms with E-state index in [1.54, 1.807) is 0 Å². The molecule has 3 N–H and O–H groups in total. The highest BCUT2D eigenvalue weighted by Gasteiger charge is 2.15. The van der Waals surface area contributed by atoms with Crippen molar-refractivity contribution in [3.05, 3.63) is 18.2 Å². The lowest BCUT2D eigenvalue weighted by Crippen LogP contribution is -2.36. The molecule has 6 nitrogen and oxygen atoms in total. The summed E-state index contributed by atoms with van der Waals surface area (Å²) in [5.41, 5.74) is 6.84. The van der Waals surface area contributed by atoms with Gasteiger partial charge in [0.2, 0.25) is 0 Å². The minimum absolute atomic E-state index is 0.402. The van der Waals surface area contributed by atoms with E-state index in [2.05, 4.69) is 22.1 Å². The summed E-state index contributed by atoms with van der Waals surface area (Å²) in [5, 5.41) is 3.14. The number of likely N-dealkylation sites (tertiary alicyclic amines) is 1. The Morgan fingerprint density at radius 3 is 2.84 bits per heavy atom. The van der Waals surface area contributed by atoms with E-state index in [1.165, 1.54) is 12.8 Å². The molecule has 1 saturated heterocycles. The molecule has 0 aliphatic carbocycles. The molecular weight excluding hydrogens is 316 g/mol. The number of anilines is 1. The Hall–Kier alpha value is -1.95. The van der Waals surface area contributed by atoms with Crippen LogP contribution in [0.5, 0.6) is 11.5 Å². The van der Waals surface area contributed by atoms with Gasteiger partial charge in [0.25, 0.3) is 0 Å².